The molecule has 0 atom stereocenters. The summed E-state index contributed by atoms with van der Waals surface area (Å²) in [5.74, 6) is -0.226. The first-order valence-corrected chi connectivity index (χ1v) is 10.9. The van der Waals surface area contributed by atoms with Crippen LogP contribution in [0, 0.1) is 0 Å². The summed E-state index contributed by atoms with van der Waals surface area (Å²) in [6.45, 7) is 2.16. The largest absolute Gasteiger partial charge is 0.494 e. The Balaban J connectivity index is 1.36. The molecule has 0 spiro atoms. The topological polar surface area (TPSA) is 81.7 Å². The molecule has 33 heavy (non-hydrogen) atoms. The van der Waals surface area contributed by atoms with Gasteiger partial charge < -0.3 is 14.8 Å². The van der Waals surface area contributed by atoms with E-state index in [1.807, 2.05) is 49.4 Å². The molecule has 0 saturated carbocycles. The quantitative estimate of drug-likeness (QED) is 0.320. The van der Waals surface area contributed by atoms with E-state index >= 15 is 0 Å². The molecule has 6 heteroatoms. The third-order valence-corrected chi connectivity index (χ3v) is 4.91. The van der Waals surface area contributed by atoms with E-state index in [0.29, 0.717) is 24.3 Å². The van der Waals surface area contributed by atoms with E-state index in [1.165, 1.54) is 0 Å². The maximum atomic E-state index is 12.3. The number of ketones is 1. The third kappa shape index (κ3) is 7.61. The molecule has 0 bridgehead atoms. The first kappa shape index (κ1) is 23.7. The molecule has 0 aliphatic heterocycles. The van der Waals surface area contributed by atoms with E-state index in [1.54, 1.807) is 36.4 Å². The predicted molar refractivity (Wildman–Crippen MR) is 127 cm³/mol. The molecule has 0 fully saturated rings. The van der Waals surface area contributed by atoms with Gasteiger partial charge in [0, 0.05) is 24.1 Å². The zero-order valence-electron chi connectivity index (χ0n) is 18.6. The normalized spacial score (nSPS) is 10.3. The fraction of sp³-hybridized carbons (Fsp3) is 0.222. The Morgan fingerprint density at radius 2 is 1.45 bits per heavy atom. The number of hydrogen-bond donors (Lipinski definition) is 1. The van der Waals surface area contributed by atoms with Gasteiger partial charge in [-0.2, -0.15) is 0 Å². The average molecular weight is 446 g/mol. The Hall–Kier alpha value is -3.93. The van der Waals surface area contributed by atoms with Crippen LogP contribution in [0.25, 0.3) is 11.1 Å². The van der Waals surface area contributed by atoms with Gasteiger partial charge in [-0.3, -0.25) is 14.4 Å². The summed E-state index contributed by atoms with van der Waals surface area (Å²) in [7, 11) is 0. The smallest absolute Gasteiger partial charge is 0.306 e. The highest BCUT2D eigenvalue weighted by atomic mass is 16.5. The lowest BCUT2D eigenvalue weighted by molar-refractivity contribution is -0.142. The molecule has 0 aliphatic carbocycles. The number of nitrogens with one attached hydrogen (secondary N) is 1. The van der Waals surface area contributed by atoms with Crippen LogP contribution in [0.2, 0.25) is 0 Å². The van der Waals surface area contributed by atoms with Gasteiger partial charge in [0.25, 0.3) is 0 Å². The van der Waals surface area contributed by atoms with Crippen molar-refractivity contribution in [2.24, 2.45) is 0 Å². The fourth-order valence-electron chi connectivity index (χ4n) is 3.20. The summed E-state index contributed by atoms with van der Waals surface area (Å²) in [5, 5.41) is 2.77. The molecule has 6 nitrogen and oxygen atoms in total. The van der Waals surface area contributed by atoms with Crippen LogP contribution in [0.5, 0.6) is 5.75 Å². The zero-order valence-corrected chi connectivity index (χ0v) is 18.6. The van der Waals surface area contributed by atoms with Crippen LogP contribution < -0.4 is 10.1 Å². The van der Waals surface area contributed by atoms with E-state index in [9.17, 15) is 14.4 Å². The fourth-order valence-corrected chi connectivity index (χ4v) is 3.20. The number of rotatable bonds is 11. The summed E-state index contributed by atoms with van der Waals surface area (Å²) >= 11 is 0. The first-order valence-electron chi connectivity index (χ1n) is 10.9. The van der Waals surface area contributed by atoms with Crippen LogP contribution in [0.3, 0.4) is 0 Å². The van der Waals surface area contributed by atoms with Gasteiger partial charge in [-0.25, -0.2) is 0 Å². The van der Waals surface area contributed by atoms with E-state index in [4.69, 9.17) is 9.47 Å². The number of benzene rings is 3. The highest BCUT2D eigenvalue weighted by Crippen LogP contribution is 2.19. The maximum absolute atomic E-state index is 12.3. The van der Waals surface area contributed by atoms with E-state index < -0.39 is 5.97 Å². The second kappa shape index (κ2) is 12.2. The number of esters is 1. The number of carbonyl (C=O) groups excluding carboxylic acids is 3. The molecule has 3 rings (SSSR count). The SMILES string of the molecule is CCOc1ccc(NC(=O)CCCC(=O)OCC(=O)c2ccc(-c3ccccc3)cc2)cc1. The molecular formula is C27H27NO5. The molecule has 0 saturated heterocycles. The number of ether oxygens (including phenoxy) is 2. The van der Waals surface area contributed by atoms with Crippen LogP contribution in [0.4, 0.5) is 5.69 Å². The van der Waals surface area contributed by atoms with E-state index in [-0.39, 0.29) is 31.1 Å². The van der Waals surface area contributed by atoms with Crippen LogP contribution in [-0.4, -0.2) is 30.9 Å². The minimum Gasteiger partial charge on any atom is -0.494 e. The molecule has 0 aromatic heterocycles. The summed E-state index contributed by atoms with van der Waals surface area (Å²) in [4.78, 5) is 36.3. The van der Waals surface area contributed by atoms with Gasteiger partial charge >= 0.3 is 5.97 Å². The van der Waals surface area contributed by atoms with Crippen LogP contribution in [0.1, 0.15) is 36.5 Å². The van der Waals surface area contributed by atoms with E-state index in [2.05, 4.69) is 5.32 Å². The first-order chi connectivity index (χ1) is 16.0. The summed E-state index contributed by atoms with van der Waals surface area (Å²) < 4.78 is 10.4. The van der Waals surface area contributed by atoms with Gasteiger partial charge in [-0.15, -0.1) is 0 Å². The molecule has 1 N–H and O–H groups in total. The molecule has 170 valence electrons. The van der Waals surface area contributed by atoms with Gasteiger partial charge in [0.15, 0.2) is 12.4 Å². The summed E-state index contributed by atoms with van der Waals surface area (Å²) in [6.07, 6.45) is 0.579. The number of carbonyl (C=O) groups is 3. The molecule has 0 aliphatic rings. The Bertz CT molecular complexity index is 1060. The third-order valence-electron chi connectivity index (χ3n) is 4.91. The molecule has 0 unspecified atom stereocenters. The summed E-state index contributed by atoms with van der Waals surface area (Å²) in [6, 6.07) is 24.1. The Labute approximate surface area is 193 Å². The summed E-state index contributed by atoms with van der Waals surface area (Å²) in [5.41, 5.74) is 3.22. The van der Waals surface area contributed by atoms with Gasteiger partial charge in [0.05, 0.1) is 6.61 Å². The monoisotopic (exact) mass is 445 g/mol. The van der Waals surface area contributed by atoms with Crippen LogP contribution in [0.15, 0.2) is 78.9 Å². The van der Waals surface area contributed by atoms with Crippen LogP contribution >= 0.6 is 0 Å². The lowest BCUT2D eigenvalue weighted by atomic mass is 10.0. The Morgan fingerprint density at radius 3 is 2.12 bits per heavy atom. The number of amides is 1. The predicted octanol–water partition coefficient (Wildman–Crippen LogP) is 5.29. The Morgan fingerprint density at radius 1 is 0.788 bits per heavy atom. The van der Waals surface area contributed by atoms with E-state index in [0.717, 1.165) is 16.9 Å². The van der Waals surface area contributed by atoms with Crippen molar-refractivity contribution in [1.29, 1.82) is 0 Å². The Kier molecular flexibility index (Phi) is 8.77. The van der Waals surface area contributed by atoms with Crippen molar-refractivity contribution in [3.63, 3.8) is 0 Å². The minimum absolute atomic E-state index is 0.0664. The zero-order chi connectivity index (χ0) is 23.5. The number of Topliss-reactive ketones (excluding diaryl/α,β-unsaturated/α-hetero) is 1. The average Bonchev–Trinajstić information content (AvgIpc) is 2.84. The second-order valence-corrected chi connectivity index (χ2v) is 7.39. The second-order valence-electron chi connectivity index (χ2n) is 7.39. The van der Waals surface area contributed by atoms with Gasteiger partial charge in [-0.05, 0) is 48.7 Å². The lowest BCUT2D eigenvalue weighted by Gasteiger charge is -2.08. The molecule has 3 aromatic rings. The lowest BCUT2D eigenvalue weighted by Crippen LogP contribution is -2.15. The van der Waals surface area contributed by atoms with Crippen molar-refractivity contribution >= 4 is 23.3 Å². The molecular weight excluding hydrogens is 418 g/mol. The van der Waals surface area contributed by atoms with Crippen molar-refractivity contribution < 1.29 is 23.9 Å². The molecule has 3 aromatic carbocycles. The minimum atomic E-state index is -0.502. The molecule has 0 radical (unpaired) electrons. The van der Waals surface area contributed by atoms with Gasteiger partial charge in [0.1, 0.15) is 5.75 Å². The van der Waals surface area contributed by atoms with Crippen molar-refractivity contribution in [1.82, 2.24) is 0 Å². The maximum Gasteiger partial charge on any atom is 0.306 e. The van der Waals surface area contributed by atoms with Crippen molar-refractivity contribution in [2.75, 3.05) is 18.5 Å². The van der Waals surface area contributed by atoms with Crippen molar-refractivity contribution in [2.45, 2.75) is 26.2 Å². The highest BCUT2D eigenvalue weighted by molar-refractivity contribution is 5.98. The van der Waals surface area contributed by atoms with Gasteiger partial charge in [-0.1, -0.05) is 54.6 Å². The van der Waals surface area contributed by atoms with Crippen LogP contribution in [-0.2, 0) is 14.3 Å². The van der Waals surface area contributed by atoms with Crippen molar-refractivity contribution in [3.05, 3.63) is 84.4 Å². The number of hydrogen-bond acceptors (Lipinski definition) is 5. The standard InChI is InChI=1S/C27H27NO5/c1-2-32-24-17-15-23(16-18-24)28-26(30)9-6-10-27(31)33-19-25(29)22-13-11-21(12-14-22)20-7-4-3-5-8-20/h3-5,7-8,11-18H,2,6,9-10,19H2,1H3,(H,28,30). The van der Waals surface area contributed by atoms with Crippen molar-refractivity contribution in [3.8, 4) is 16.9 Å². The molecule has 0 heterocycles. The highest BCUT2D eigenvalue weighted by Gasteiger charge is 2.11. The number of anilines is 1. The molecule has 1 amide bonds. The van der Waals surface area contributed by atoms with Gasteiger partial charge in [0.2, 0.25) is 5.91 Å².